The molecule has 2 N–H and O–H groups in total. The van der Waals surface area contributed by atoms with Gasteiger partial charge < -0.3 is 10.5 Å². The van der Waals surface area contributed by atoms with Crippen LogP contribution >= 0.6 is 12.4 Å². The molecular formula is C22H28ClFN2O. The third-order valence-corrected chi connectivity index (χ3v) is 5.36. The SMILES string of the molecule is CC(N)c1ccc(CN2Cc3ccc(OCC4CC4)cc3[C@H](F)C2)cc1.Cl. The average Bonchev–Trinajstić information content (AvgIpc) is 3.45. The number of nitrogens with two attached hydrogens (primary N) is 1. The van der Waals surface area contributed by atoms with Crippen LogP contribution in [0.5, 0.6) is 5.75 Å². The molecule has 1 heterocycles. The Hall–Kier alpha value is -1.62. The fourth-order valence-corrected chi connectivity index (χ4v) is 3.53. The molecule has 1 fully saturated rings. The fraction of sp³-hybridized carbons (Fsp3) is 0.455. The predicted octanol–water partition coefficient (Wildman–Crippen LogP) is 4.94. The van der Waals surface area contributed by atoms with E-state index < -0.39 is 6.17 Å². The van der Waals surface area contributed by atoms with Gasteiger partial charge in [-0.15, -0.1) is 12.4 Å². The van der Waals surface area contributed by atoms with Crippen LogP contribution in [0.1, 0.15) is 54.2 Å². The standard InChI is InChI=1S/C22H27FN2O.ClH/c1-15(24)18-6-4-16(5-7-18)11-25-12-19-8-9-20(26-14-17-2-3-17)10-21(19)22(23)13-25;/h4-10,15,17,22H,2-3,11-14,24H2,1H3;1H/t15?,22-;/m1./s1. The van der Waals surface area contributed by atoms with Gasteiger partial charge in [0.2, 0.25) is 0 Å². The van der Waals surface area contributed by atoms with E-state index in [2.05, 4.69) is 29.2 Å². The molecular weight excluding hydrogens is 363 g/mol. The molecule has 0 spiro atoms. The molecule has 0 aromatic heterocycles. The van der Waals surface area contributed by atoms with E-state index in [1.165, 1.54) is 18.4 Å². The molecule has 0 radical (unpaired) electrons. The molecule has 146 valence electrons. The maximum Gasteiger partial charge on any atom is 0.138 e. The van der Waals surface area contributed by atoms with E-state index in [1.54, 1.807) is 0 Å². The number of benzene rings is 2. The van der Waals surface area contributed by atoms with E-state index in [4.69, 9.17) is 10.5 Å². The van der Waals surface area contributed by atoms with Crippen LogP contribution in [0.25, 0.3) is 0 Å². The van der Waals surface area contributed by atoms with Crippen LogP contribution in [0.2, 0.25) is 0 Å². The molecule has 0 amide bonds. The third kappa shape index (κ3) is 5.01. The average molecular weight is 391 g/mol. The highest BCUT2D eigenvalue weighted by Gasteiger charge is 2.26. The number of ether oxygens (including phenoxy) is 1. The number of hydrogen-bond acceptors (Lipinski definition) is 3. The van der Waals surface area contributed by atoms with Crippen molar-refractivity contribution in [2.24, 2.45) is 11.7 Å². The molecule has 2 aliphatic rings. The highest BCUT2D eigenvalue weighted by molar-refractivity contribution is 5.85. The van der Waals surface area contributed by atoms with Gasteiger partial charge in [-0.1, -0.05) is 30.3 Å². The van der Waals surface area contributed by atoms with Crippen molar-refractivity contribution in [2.45, 2.75) is 45.1 Å². The second kappa shape index (κ2) is 8.59. The lowest BCUT2D eigenvalue weighted by Gasteiger charge is -2.31. The van der Waals surface area contributed by atoms with Crippen LogP contribution in [0, 0.1) is 5.92 Å². The second-order valence-electron chi connectivity index (χ2n) is 7.78. The van der Waals surface area contributed by atoms with Crippen LogP contribution in [0.4, 0.5) is 4.39 Å². The van der Waals surface area contributed by atoms with Gasteiger partial charge >= 0.3 is 0 Å². The minimum absolute atomic E-state index is 0. The Bertz CT molecular complexity index is 761. The third-order valence-electron chi connectivity index (χ3n) is 5.36. The maximum absolute atomic E-state index is 14.8. The fourth-order valence-electron chi connectivity index (χ4n) is 3.53. The lowest BCUT2D eigenvalue weighted by Crippen LogP contribution is -2.31. The summed E-state index contributed by atoms with van der Waals surface area (Å²) in [6, 6.07) is 14.3. The summed E-state index contributed by atoms with van der Waals surface area (Å²) in [4.78, 5) is 2.17. The van der Waals surface area contributed by atoms with Gasteiger partial charge in [0.25, 0.3) is 0 Å². The number of fused-ring (bicyclic) bond motifs is 1. The second-order valence-corrected chi connectivity index (χ2v) is 7.78. The summed E-state index contributed by atoms with van der Waals surface area (Å²) in [7, 11) is 0. The zero-order valence-electron chi connectivity index (χ0n) is 15.7. The molecule has 0 bridgehead atoms. The lowest BCUT2D eigenvalue weighted by molar-refractivity contribution is 0.158. The van der Waals surface area contributed by atoms with Crippen molar-refractivity contribution in [1.29, 1.82) is 0 Å². The molecule has 1 saturated carbocycles. The number of nitrogens with zero attached hydrogens (tertiary/aromatic N) is 1. The molecule has 27 heavy (non-hydrogen) atoms. The highest BCUT2D eigenvalue weighted by Crippen LogP contribution is 2.34. The van der Waals surface area contributed by atoms with Crippen LogP contribution < -0.4 is 10.5 Å². The monoisotopic (exact) mass is 390 g/mol. The first-order valence-electron chi connectivity index (χ1n) is 9.55. The summed E-state index contributed by atoms with van der Waals surface area (Å²) in [6.07, 6.45) is 1.56. The smallest absolute Gasteiger partial charge is 0.138 e. The van der Waals surface area contributed by atoms with E-state index in [1.807, 2.05) is 25.1 Å². The topological polar surface area (TPSA) is 38.5 Å². The molecule has 5 heteroatoms. The van der Waals surface area contributed by atoms with Gasteiger partial charge in [-0.3, -0.25) is 4.90 Å². The minimum Gasteiger partial charge on any atom is -0.493 e. The first kappa shape index (κ1) is 20.1. The van der Waals surface area contributed by atoms with Crippen LogP contribution in [0.15, 0.2) is 42.5 Å². The van der Waals surface area contributed by atoms with Crippen molar-refractivity contribution in [2.75, 3.05) is 13.2 Å². The van der Waals surface area contributed by atoms with Crippen molar-refractivity contribution >= 4 is 12.4 Å². The summed E-state index contributed by atoms with van der Waals surface area (Å²) in [5.41, 5.74) is 10.1. The first-order valence-corrected chi connectivity index (χ1v) is 9.55. The Kier molecular flexibility index (Phi) is 6.40. The largest absolute Gasteiger partial charge is 0.493 e. The normalized spacial score (nSPS) is 20.5. The number of hydrogen-bond donors (Lipinski definition) is 1. The van der Waals surface area contributed by atoms with Gasteiger partial charge in [0.1, 0.15) is 11.9 Å². The van der Waals surface area contributed by atoms with Gasteiger partial charge in [0.15, 0.2) is 0 Å². The summed E-state index contributed by atoms with van der Waals surface area (Å²) in [6.45, 7) is 4.69. The van der Waals surface area contributed by atoms with Crippen molar-refractivity contribution < 1.29 is 9.13 Å². The molecule has 1 unspecified atom stereocenters. The molecule has 2 aromatic rings. The Morgan fingerprint density at radius 1 is 1.19 bits per heavy atom. The molecule has 0 saturated heterocycles. The van der Waals surface area contributed by atoms with E-state index in [0.29, 0.717) is 12.5 Å². The highest BCUT2D eigenvalue weighted by atomic mass is 35.5. The zero-order valence-corrected chi connectivity index (χ0v) is 16.6. The Labute approximate surface area is 167 Å². The van der Waals surface area contributed by atoms with Crippen LogP contribution in [-0.2, 0) is 13.1 Å². The molecule has 3 nitrogen and oxygen atoms in total. The van der Waals surface area contributed by atoms with Gasteiger partial charge in [-0.05, 0) is 60.1 Å². The van der Waals surface area contributed by atoms with Gasteiger partial charge in [-0.2, -0.15) is 0 Å². The zero-order chi connectivity index (χ0) is 18.1. The van der Waals surface area contributed by atoms with E-state index in [0.717, 1.165) is 42.1 Å². The van der Waals surface area contributed by atoms with E-state index in [-0.39, 0.29) is 18.4 Å². The van der Waals surface area contributed by atoms with Crippen LogP contribution in [-0.4, -0.2) is 18.1 Å². The van der Waals surface area contributed by atoms with Crippen molar-refractivity contribution in [3.8, 4) is 5.75 Å². The molecule has 1 aliphatic heterocycles. The lowest BCUT2D eigenvalue weighted by atomic mass is 9.97. The minimum atomic E-state index is -0.966. The summed E-state index contributed by atoms with van der Waals surface area (Å²) < 4.78 is 20.6. The van der Waals surface area contributed by atoms with Gasteiger partial charge in [0.05, 0.1) is 6.61 Å². The van der Waals surface area contributed by atoms with Crippen molar-refractivity contribution in [3.63, 3.8) is 0 Å². The molecule has 2 aromatic carbocycles. The van der Waals surface area contributed by atoms with E-state index in [9.17, 15) is 4.39 Å². The summed E-state index contributed by atoms with van der Waals surface area (Å²) in [5.74, 6) is 1.51. The Morgan fingerprint density at radius 2 is 1.93 bits per heavy atom. The number of halogens is 2. The molecule has 2 atom stereocenters. The number of rotatable bonds is 6. The van der Waals surface area contributed by atoms with Gasteiger partial charge in [-0.25, -0.2) is 4.39 Å². The summed E-state index contributed by atoms with van der Waals surface area (Å²) in [5, 5.41) is 0. The predicted molar refractivity (Wildman–Crippen MR) is 109 cm³/mol. The Morgan fingerprint density at radius 3 is 2.59 bits per heavy atom. The Balaban J connectivity index is 0.00000210. The molecule has 4 rings (SSSR count). The first-order chi connectivity index (χ1) is 12.6. The van der Waals surface area contributed by atoms with Crippen LogP contribution in [0.3, 0.4) is 0 Å². The number of alkyl halides is 1. The summed E-state index contributed by atoms with van der Waals surface area (Å²) >= 11 is 0. The van der Waals surface area contributed by atoms with Crippen molar-refractivity contribution in [1.82, 2.24) is 4.90 Å². The molecule has 1 aliphatic carbocycles. The van der Waals surface area contributed by atoms with Crippen molar-refractivity contribution in [3.05, 3.63) is 64.7 Å². The van der Waals surface area contributed by atoms with Gasteiger partial charge in [0, 0.05) is 25.7 Å². The van der Waals surface area contributed by atoms with E-state index >= 15 is 0 Å². The maximum atomic E-state index is 14.8. The quantitative estimate of drug-likeness (QED) is 0.758.